The van der Waals surface area contributed by atoms with Gasteiger partial charge in [0.15, 0.2) is 0 Å². The van der Waals surface area contributed by atoms with Crippen molar-refractivity contribution < 1.29 is 0 Å². The molecule has 4 aromatic rings. The highest BCUT2D eigenvalue weighted by atomic mass is 14.7. The fourth-order valence-corrected chi connectivity index (χ4v) is 4.14. The van der Waals surface area contributed by atoms with Gasteiger partial charge in [-0.2, -0.15) is 0 Å². The molecule has 2 aromatic heterocycles. The van der Waals surface area contributed by atoms with E-state index in [4.69, 9.17) is 9.97 Å². The van der Waals surface area contributed by atoms with E-state index in [0.717, 1.165) is 23.9 Å². The summed E-state index contributed by atoms with van der Waals surface area (Å²) in [6.45, 7) is 4.46. The van der Waals surface area contributed by atoms with Gasteiger partial charge >= 0.3 is 0 Å². The summed E-state index contributed by atoms with van der Waals surface area (Å²) in [5.74, 6) is 0. The minimum atomic E-state index is 0.971. The quantitative estimate of drug-likeness (QED) is 0.448. The van der Waals surface area contributed by atoms with Crippen LogP contribution in [0.5, 0.6) is 0 Å². The number of nitrogens with zero attached hydrogens (tertiary/aromatic N) is 2. The normalized spacial score (nSPS) is 13.1. The molecule has 5 rings (SSSR count). The van der Waals surface area contributed by atoms with E-state index in [1.807, 2.05) is 0 Å². The van der Waals surface area contributed by atoms with E-state index in [2.05, 4.69) is 62.4 Å². The second-order valence-electron chi connectivity index (χ2n) is 6.65. The number of pyridine rings is 2. The number of aromatic nitrogens is 2. The summed E-state index contributed by atoms with van der Waals surface area (Å²) >= 11 is 0. The van der Waals surface area contributed by atoms with Crippen molar-refractivity contribution in [2.75, 3.05) is 0 Å². The summed E-state index contributed by atoms with van der Waals surface area (Å²) in [7, 11) is 0. The molecular weight excluding hydrogens is 292 g/mol. The predicted molar refractivity (Wildman–Crippen MR) is 99.4 cm³/mol. The molecule has 2 heterocycles. The van der Waals surface area contributed by atoms with Crippen molar-refractivity contribution in [1.29, 1.82) is 0 Å². The molecule has 0 spiro atoms. The molecule has 24 heavy (non-hydrogen) atoms. The van der Waals surface area contributed by atoms with Gasteiger partial charge in [-0.15, -0.1) is 0 Å². The molecule has 0 N–H and O–H groups in total. The van der Waals surface area contributed by atoms with Gasteiger partial charge in [0.25, 0.3) is 0 Å². The van der Waals surface area contributed by atoms with Crippen LogP contribution in [0.3, 0.4) is 0 Å². The lowest BCUT2D eigenvalue weighted by atomic mass is 9.84. The Bertz CT molecular complexity index is 1030. The minimum Gasteiger partial charge on any atom is -0.252 e. The molecule has 0 fully saturated rings. The number of rotatable bonds is 0. The Kier molecular flexibility index (Phi) is 2.78. The fraction of sp³-hybridized carbons (Fsp3) is 0.182. The zero-order valence-electron chi connectivity index (χ0n) is 13.9. The van der Waals surface area contributed by atoms with Crippen molar-refractivity contribution in [2.45, 2.75) is 26.7 Å². The molecule has 1 aliphatic rings. The molecule has 0 atom stereocenters. The molecule has 0 aliphatic heterocycles. The largest absolute Gasteiger partial charge is 0.252 e. The van der Waals surface area contributed by atoms with Crippen LogP contribution in [0.25, 0.3) is 32.9 Å². The highest BCUT2D eigenvalue weighted by Crippen LogP contribution is 2.41. The molecule has 1 aliphatic carbocycles. The highest BCUT2D eigenvalue weighted by Gasteiger charge is 2.24. The predicted octanol–water partition coefficient (Wildman–Crippen LogP) is 5.17. The molecule has 0 saturated carbocycles. The van der Waals surface area contributed by atoms with Crippen LogP contribution in [0.15, 0.2) is 48.5 Å². The summed E-state index contributed by atoms with van der Waals surface area (Å²) < 4.78 is 0. The van der Waals surface area contributed by atoms with E-state index >= 15 is 0 Å². The van der Waals surface area contributed by atoms with Gasteiger partial charge in [-0.05, 0) is 49.9 Å². The maximum Gasteiger partial charge on any atom is 0.0708 e. The Morgan fingerprint density at radius 2 is 1.04 bits per heavy atom. The first-order valence-electron chi connectivity index (χ1n) is 8.51. The fourth-order valence-electron chi connectivity index (χ4n) is 4.14. The van der Waals surface area contributed by atoms with Crippen molar-refractivity contribution in [3.63, 3.8) is 0 Å². The van der Waals surface area contributed by atoms with Gasteiger partial charge in [0.2, 0.25) is 0 Å². The SMILES string of the molecule is Cc1c2c(nc3ccccc13)CCc1nc3ccccc3c(C)c1-2. The number of benzene rings is 2. The maximum atomic E-state index is 4.97. The first-order chi connectivity index (χ1) is 11.7. The van der Waals surface area contributed by atoms with Gasteiger partial charge in [0.1, 0.15) is 0 Å². The van der Waals surface area contributed by atoms with E-state index in [1.54, 1.807) is 0 Å². The second-order valence-corrected chi connectivity index (χ2v) is 6.65. The van der Waals surface area contributed by atoms with E-state index in [-0.39, 0.29) is 0 Å². The Balaban J connectivity index is 1.94. The summed E-state index contributed by atoms with van der Waals surface area (Å²) in [5.41, 5.74) is 9.93. The van der Waals surface area contributed by atoms with Crippen LogP contribution in [0.2, 0.25) is 0 Å². The Morgan fingerprint density at radius 1 is 0.625 bits per heavy atom. The maximum absolute atomic E-state index is 4.97. The van der Waals surface area contributed by atoms with E-state index in [1.165, 1.54) is 44.4 Å². The van der Waals surface area contributed by atoms with Crippen molar-refractivity contribution in [3.8, 4) is 11.1 Å². The summed E-state index contributed by atoms with van der Waals surface area (Å²) in [6.07, 6.45) is 1.94. The lowest BCUT2D eigenvalue weighted by molar-refractivity contribution is 0.870. The van der Waals surface area contributed by atoms with Crippen molar-refractivity contribution >= 4 is 21.8 Å². The van der Waals surface area contributed by atoms with Crippen molar-refractivity contribution in [3.05, 3.63) is 71.0 Å². The number of fused-ring (bicyclic) bond motifs is 5. The van der Waals surface area contributed by atoms with Crippen molar-refractivity contribution in [2.24, 2.45) is 0 Å². The standard InChI is InChI=1S/C22H18N2/c1-13-15-7-3-5-9-17(15)23-19-11-12-20-22(21(13)19)14(2)16-8-4-6-10-18(16)24-20/h3-10H,11-12H2,1-2H3. The molecule has 116 valence electrons. The number of aryl methyl sites for hydroxylation is 4. The molecule has 0 saturated heterocycles. The summed E-state index contributed by atoms with van der Waals surface area (Å²) in [5, 5.41) is 2.49. The van der Waals surface area contributed by atoms with E-state index in [0.29, 0.717) is 0 Å². The van der Waals surface area contributed by atoms with E-state index < -0.39 is 0 Å². The Hall–Kier alpha value is -2.74. The molecule has 0 unspecified atom stereocenters. The van der Waals surface area contributed by atoms with Gasteiger partial charge in [-0.25, -0.2) is 0 Å². The first-order valence-corrected chi connectivity index (χ1v) is 8.51. The average Bonchev–Trinajstić information content (AvgIpc) is 2.62. The zero-order valence-corrected chi connectivity index (χ0v) is 13.9. The molecular formula is C22H18N2. The van der Waals surface area contributed by atoms with Gasteiger partial charge in [0, 0.05) is 33.3 Å². The Morgan fingerprint density at radius 3 is 1.50 bits per heavy atom. The summed E-state index contributed by atoms with van der Waals surface area (Å²) in [6, 6.07) is 16.9. The lowest BCUT2D eigenvalue weighted by Crippen LogP contribution is -2.11. The monoisotopic (exact) mass is 310 g/mol. The van der Waals surface area contributed by atoms with Crippen LogP contribution in [0.1, 0.15) is 22.5 Å². The third kappa shape index (κ3) is 1.77. The third-order valence-corrected chi connectivity index (χ3v) is 5.30. The number of hydrogen-bond acceptors (Lipinski definition) is 2. The van der Waals surface area contributed by atoms with Crippen LogP contribution in [-0.4, -0.2) is 9.97 Å². The van der Waals surface area contributed by atoms with E-state index in [9.17, 15) is 0 Å². The topological polar surface area (TPSA) is 25.8 Å². The Labute approximate surface area is 141 Å². The lowest BCUT2D eigenvalue weighted by Gasteiger charge is -2.24. The zero-order chi connectivity index (χ0) is 16.3. The van der Waals surface area contributed by atoms with Gasteiger partial charge < -0.3 is 0 Å². The van der Waals surface area contributed by atoms with Crippen LogP contribution >= 0.6 is 0 Å². The molecule has 0 radical (unpaired) electrons. The van der Waals surface area contributed by atoms with Gasteiger partial charge in [-0.3, -0.25) is 9.97 Å². The molecule has 0 amide bonds. The molecule has 2 aromatic carbocycles. The van der Waals surface area contributed by atoms with Gasteiger partial charge in [-0.1, -0.05) is 36.4 Å². The summed E-state index contributed by atoms with van der Waals surface area (Å²) in [4.78, 5) is 9.94. The molecule has 2 nitrogen and oxygen atoms in total. The smallest absolute Gasteiger partial charge is 0.0708 e. The second kappa shape index (κ2) is 4.88. The van der Waals surface area contributed by atoms with Crippen LogP contribution in [0, 0.1) is 13.8 Å². The van der Waals surface area contributed by atoms with Crippen LogP contribution in [0.4, 0.5) is 0 Å². The first kappa shape index (κ1) is 13.7. The average molecular weight is 310 g/mol. The van der Waals surface area contributed by atoms with Crippen LogP contribution < -0.4 is 0 Å². The number of para-hydroxylation sites is 2. The third-order valence-electron chi connectivity index (χ3n) is 5.30. The van der Waals surface area contributed by atoms with Crippen LogP contribution in [-0.2, 0) is 12.8 Å². The minimum absolute atomic E-state index is 0.971. The number of hydrogen-bond donors (Lipinski definition) is 0. The van der Waals surface area contributed by atoms with Crippen molar-refractivity contribution in [1.82, 2.24) is 9.97 Å². The molecule has 0 bridgehead atoms. The molecule has 2 heteroatoms. The highest BCUT2D eigenvalue weighted by molar-refractivity contribution is 5.96. The van der Waals surface area contributed by atoms with Gasteiger partial charge in [0.05, 0.1) is 11.0 Å².